The lowest BCUT2D eigenvalue weighted by Crippen LogP contribution is -2.19. The van der Waals surface area contributed by atoms with Crippen LogP contribution in [0.15, 0.2) is 41.3 Å². The van der Waals surface area contributed by atoms with E-state index in [0.29, 0.717) is 11.8 Å². The number of carbonyl (C=O) groups excluding carboxylic acids is 1. The Hall–Kier alpha value is -1.79. The summed E-state index contributed by atoms with van der Waals surface area (Å²) in [6.45, 7) is 2.12. The van der Waals surface area contributed by atoms with E-state index in [1.807, 2.05) is 0 Å². The zero-order chi connectivity index (χ0) is 19.2. The highest BCUT2D eigenvalue weighted by Gasteiger charge is 2.28. The Morgan fingerprint density at radius 1 is 1.04 bits per heavy atom. The van der Waals surface area contributed by atoms with E-state index in [4.69, 9.17) is 0 Å². The van der Waals surface area contributed by atoms with Crippen molar-refractivity contribution < 1.29 is 22.2 Å². The number of hydrogen-bond donors (Lipinski definition) is 1. The van der Waals surface area contributed by atoms with Gasteiger partial charge in [-0.2, -0.15) is 8.42 Å². The SMILES string of the molecule is CCCCCCCCC(F)C(=O)c1ccc2ccccc2c1S(=O)(=O)O. The first-order valence-electron chi connectivity index (χ1n) is 9.03. The number of unbranched alkanes of at least 4 members (excludes halogenated alkanes) is 5. The fourth-order valence-corrected chi connectivity index (χ4v) is 4.03. The summed E-state index contributed by atoms with van der Waals surface area (Å²) in [5.74, 6) is -0.892. The third-order valence-electron chi connectivity index (χ3n) is 4.50. The summed E-state index contributed by atoms with van der Waals surface area (Å²) in [6, 6.07) is 9.33. The average Bonchev–Trinajstić information content (AvgIpc) is 2.61. The zero-order valence-electron chi connectivity index (χ0n) is 14.9. The van der Waals surface area contributed by atoms with Crippen molar-refractivity contribution in [1.82, 2.24) is 0 Å². The van der Waals surface area contributed by atoms with Gasteiger partial charge in [-0.05, 0) is 17.9 Å². The molecule has 4 nitrogen and oxygen atoms in total. The minimum Gasteiger partial charge on any atom is -0.291 e. The van der Waals surface area contributed by atoms with Crippen LogP contribution >= 0.6 is 0 Å². The Balaban J connectivity index is 2.19. The van der Waals surface area contributed by atoms with Crippen molar-refractivity contribution in [3.63, 3.8) is 0 Å². The molecule has 2 aromatic carbocycles. The van der Waals surface area contributed by atoms with E-state index in [9.17, 15) is 22.2 Å². The van der Waals surface area contributed by atoms with Crippen LogP contribution in [0.1, 0.15) is 62.2 Å². The lowest BCUT2D eigenvalue weighted by molar-refractivity contribution is 0.0863. The summed E-state index contributed by atoms with van der Waals surface area (Å²) in [5.41, 5.74) is -0.287. The highest BCUT2D eigenvalue weighted by atomic mass is 32.2. The number of rotatable bonds is 10. The summed E-state index contributed by atoms with van der Waals surface area (Å²) >= 11 is 0. The van der Waals surface area contributed by atoms with Gasteiger partial charge in [0.05, 0.1) is 0 Å². The molecule has 1 atom stereocenters. The number of benzene rings is 2. The predicted molar refractivity (Wildman–Crippen MR) is 101 cm³/mol. The maximum Gasteiger partial charge on any atom is 0.295 e. The van der Waals surface area contributed by atoms with Gasteiger partial charge in [-0.1, -0.05) is 75.8 Å². The second kappa shape index (κ2) is 9.24. The van der Waals surface area contributed by atoms with E-state index < -0.39 is 27.0 Å². The van der Waals surface area contributed by atoms with Crippen LogP contribution in [-0.4, -0.2) is 24.9 Å². The third kappa shape index (κ3) is 5.11. The van der Waals surface area contributed by atoms with Crippen LogP contribution < -0.4 is 0 Å². The van der Waals surface area contributed by atoms with E-state index in [1.54, 1.807) is 24.3 Å². The van der Waals surface area contributed by atoms with Crippen LogP contribution in [0.2, 0.25) is 0 Å². The zero-order valence-corrected chi connectivity index (χ0v) is 15.8. The van der Waals surface area contributed by atoms with Crippen molar-refractivity contribution in [3.05, 3.63) is 42.0 Å². The number of alkyl halides is 1. The molecule has 0 amide bonds. The van der Waals surface area contributed by atoms with Crippen molar-refractivity contribution in [1.29, 1.82) is 0 Å². The predicted octanol–water partition coefficient (Wildman–Crippen LogP) is 5.36. The maximum absolute atomic E-state index is 14.4. The van der Waals surface area contributed by atoms with E-state index >= 15 is 0 Å². The van der Waals surface area contributed by atoms with Gasteiger partial charge < -0.3 is 0 Å². The summed E-state index contributed by atoms with van der Waals surface area (Å²) in [7, 11) is -4.66. The van der Waals surface area contributed by atoms with Gasteiger partial charge in [0.2, 0.25) is 0 Å². The first kappa shape index (κ1) is 20.5. The summed E-state index contributed by atoms with van der Waals surface area (Å²) < 4.78 is 47.7. The molecule has 1 N–H and O–H groups in total. The monoisotopic (exact) mass is 380 g/mol. The van der Waals surface area contributed by atoms with Crippen molar-refractivity contribution >= 4 is 26.7 Å². The molecule has 0 aliphatic carbocycles. The largest absolute Gasteiger partial charge is 0.295 e. The second-order valence-electron chi connectivity index (χ2n) is 6.53. The molecule has 0 spiro atoms. The van der Waals surface area contributed by atoms with Crippen molar-refractivity contribution in [3.8, 4) is 0 Å². The van der Waals surface area contributed by atoms with Crippen LogP contribution in [0.5, 0.6) is 0 Å². The summed E-state index contributed by atoms with van der Waals surface area (Å²) in [5, 5.41) is 0.774. The molecule has 6 heteroatoms. The molecule has 1 unspecified atom stereocenters. The number of Topliss-reactive ketones (excluding diaryl/α,β-unsaturated/α-hetero) is 1. The van der Waals surface area contributed by atoms with Gasteiger partial charge in [0.1, 0.15) is 4.90 Å². The first-order valence-corrected chi connectivity index (χ1v) is 10.5. The van der Waals surface area contributed by atoms with Crippen LogP contribution in [0, 0.1) is 0 Å². The molecule has 0 heterocycles. The quantitative estimate of drug-likeness (QED) is 0.342. The van der Waals surface area contributed by atoms with Crippen LogP contribution in [0.4, 0.5) is 4.39 Å². The molecule has 0 fully saturated rings. The third-order valence-corrected chi connectivity index (χ3v) is 5.45. The van der Waals surface area contributed by atoms with Crippen molar-refractivity contribution in [2.24, 2.45) is 0 Å². The smallest absolute Gasteiger partial charge is 0.291 e. The Kier molecular flexibility index (Phi) is 7.29. The molecule has 0 saturated carbocycles. The molecule has 0 aliphatic heterocycles. The number of ketones is 1. The number of halogens is 1. The fourth-order valence-electron chi connectivity index (χ4n) is 3.12. The van der Waals surface area contributed by atoms with E-state index in [2.05, 4.69) is 6.92 Å². The molecule has 0 aromatic heterocycles. The molecule has 142 valence electrons. The van der Waals surface area contributed by atoms with Crippen LogP contribution in [-0.2, 0) is 10.1 Å². The van der Waals surface area contributed by atoms with E-state index in [1.165, 1.54) is 12.1 Å². The molecule has 2 aromatic rings. The Labute approximate surface area is 154 Å². The van der Waals surface area contributed by atoms with E-state index in [-0.39, 0.29) is 17.4 Å². The molecule has 0 saturated heterocycles. The molecule has 2 rings (SSSR count). The molecular weight excluding hydrogens is 355 g/mol. The minimum atomic E-state index is -4.66. The van der Waals surface area contributed by atoms with E-state index in [0.717, 1.165) is 32.1 Å². The fraction of sp³-hybridized carbons (Fsp3) is 0.450. The first-order chi connectivity index (χ1) is 12.4. The van der Waals surface area contributed by atoms with Gasteiger partial charge in [-0.15, -0.1) is 0 Å². The lowest BCUT2D eigenvalue weighted by atomic mass is 9.99. The minimum absolute atomic E-state index is 0.0582. The topological polar surface area (TPSA) is 71.4 Å². The molecule has 0 radical (unpaired) electrons. The highest BCUT2D eigenvalue weighted by Crippen LogP contribution is 2.29. The molecular formula is C20H25FO4S. The standard InChI is InChI=1S/C20H25FO4S/c1-2-3-4-5-6-7-12-18(21)19(22)17-14-13-15-10-8-9-11-16(15)20(17)26(23,24)25/h8-11,13-14,18H,2-7,12H2,1H3,(H,23,24,25). The van der Waals surface area contributed by atoms with Gasteiger partial charge in [0.25, 0.3) is 10.1 Å². The average molecular weight is 380 g/mol. The second-order valence-corrected chi connectivity index (χ2v) is 7.89. The molecule has 26 heavy (non-hydrogen) atoms. The van der Waals surface area contributed by atoms with Crippen molar-refractivity contribution in [2.75, 3.05) is 0 Å². The van der Waals surface area contributed by atoms with Gasteiger partial charge in [-0.3, -0.25) is 9.35 Å². The van der Waals surface area contributed by atoms with Crippen molar-refractivity contribution in [2.45, 2.75) is 62.9 Å². The number of carbonyl (C=O) groups is 1. The molecule has 0 bridgehead atoms. The van der Waals surface area contributed by atoms with Gasteiger partial charge in [0.15, 0.2) is 12.0 Å². The lowest BCUT2D eigenvalue weighted by Gasteiger charge is -2.12. The Morgan fingerprint density at radius 2 is 1.69 bits per heavy atom. The number of fused-ring (bicyclic) bond motifs is 1. The summed E-state index contributed by atoms with van der Waals surface area (Å²) in [6.07, 6.45) is 4.07. The normalized spacial score (nSPS) is 13.0. The maximum atomic E-state index is 14.4. The van der Waals surface area contributed by atoms with Gasteiger partial charge in [0, 0.05) is 10.9 Å². The van der Waals surface area contributed by atoms with Gasteiger partial charge in [-0.25, -0.2) is 4.39 Å². The Bertz CT molecular complexity index is 861. The van der Waals surface area contributed by atoms with Crippen LogP contribution in [0.3, 0.4) is 0 Å². The highest BCUT2D eigenvalue weighted by molar-refractivity contribution is 7.86. The van der Waals surface area contributed by atoms with Gasteiger partial charge >= 0.3 is 0 Å². The van der Waals surface area contributed by atoms with Crippen LogP contribution in [0.25, 0.3) is 10.8 Å². The Morgan fingerprint density at radius 3 is 2.38 bits per heavy atom. The number of hydrogen-bond acceptors (Lipinski definition) is 3. The molecule has 0 aliphatic rings. The summed E-state index contributed by atoms with van der Waals surface area (Å²) in [4.78, 5) is 12.0.